The van der Waals surface area contributed by atoms with Gasteiger partial charge in [0, 0.05) is 11.6 Å². The van der Waals surface area contributed by atoms with E-state index in [0.29, 0.717) is 5.92 Å². The van der Waals surface area contributed by atoms with Gasteiger partial charge in [0.1, 0.15) is 17.1 Å². The van der Waals surface area contributed by atoms with Gasteiger partial charge in [0.2, 0.25) is 0 Å². The molecule has 0 saturated carbocycles. The molecule has 3 N–H and O–H groups in total. The van der Waals surface area contributed by atoms with Crippen LogP contribution in [0.2, 0.25) is 0 Å². The van der Waals surface area contributed by atoms with Crippen LogP contribution in [0.5, 0.6) is 11.5 Å². The smallest absolute Gasteiger partial charge is 0.120 e. The van der Waals surface area contributed by atoms with Crippen LogP contribution in [0.3, 0.4) is 0 Å². The van der Waals surface area contributed by atoms with Crippen molar-refractivity contribution < 1.29 is 9.84 Å². The second-order valence-electron chi connectivity index (χ2n) is 6.17. The molecule has 0 aliphatic rings. The highest BCUT2D eigenvalue weighted by atomic mass is 35.5. The van der Waals surface area contributed by atoms with E-state index in [-0.39, 0.29) is 29.8 Å². The van der Waals surface area contributed by atoms with Gasteiger partial charge in [-0.15, -0.1) is 12.4 Å². The first-order chi connectivity index (χ1) is 8.19. The van der Waals surface area contributed by atoms with Crippen molar-refractivity contribution in [2.24, 2.45) is 11.7 Å². The first-order valence-electron chi connectivity index (χ1n) is 6.46. The molecule has 1 aromatic carbocycles. The third-order valence-electron chi connectivity index (χ3n) is 2.55. The maximum Gasteiger partial charge on any atom is 0.120 e. The average Bonchev–Trinajstić information content (AvgIpc) is 2.17. The zero-order valence-corrected chi connectivity index (χ0v) is 13.3. The number of phenols is 1. The minimum Gasteiger partial charge on any atom is -0.508 e. The highest BCUT2D eigenvalue weighted by molar-refractivity contribution is 5.85. The van der Waals surface area contributed by atoms with Crippen LogP contribution in [0.4, 0.5) is 0 Å². The van der Waals surface area contributed by atoms with Crippen LogP contribution >= 0.6 is 12.4 Å². The van der Waals surface area contributed by atoms with Crippen LogP contribution in [0.25, 0.3) is 0 Å². The molecule has 0 bridgehead atoms. The van der Waals surface area contributed by atoms with E-state index >= 15 is 0 Å². The monoisotopic (exact) mass is 287 g/mol. The topological polar surface area (TPSA) is 55.5 Å². The van der Waals surface area contributed by atoms with Crippen molar-refractivity contribution in [2.75, 3.05) is 0 Å². The number of hydrogen-bond donors (Lipinski definition) is 2. The lowest BCUT2D eigenvalue weighted by molar-refractivity contribution is 0.130. The van der Waals surface area contributed by atoms with Gasteiger partial charge in [-0.1, -0.05) is 13.8 Å². The largest absolute Gasteiger partial charge is 0.508 e. The lowest BCUT2D eigenvalue weighted by Crippen LogP contribution is -2.23. The number of hydrogen-bond acceptors (Lipinski definition) is 3. The van der Waals surface area contributed by atoms with E-state index in [4.69, 9.17) is 10.5 Å². The summed E-state index contributed by atoms with van der Waals surface area (Å²) in [5.74, 6) is 1.48. The van der Waals surface area contributed by atoms with E-state index in [1.807, 2.05) is 26.8 Å². The molecule has 1 atom stereocenters. The van der Waals surface area contributed by atoms with Crippen LogP contribution in [-0.4, -0.2) is 10.7 Å². The van der Waals surface area contributed by atoms with Gasteiger partial charge in [0.05, 0.1) is 0 Å². The van der Waals surface area contributed by atoms with Gasteiger partial charge < -0.3 is 15.6 Å². The van der Waals surface area contributed by atoms with Crippen molar-refractivity contribution in [1.82, 2.24) is 0 Å². The minimum atomic E-state index is -0.254. The molecule has 0 amide bonds. The number of ether oxygens (including phenoxy) is 1. The van der Waals surface area contributed by atoms with E-state index < -0.39 is 0 Å². The van der Waals surface area contributed by atoms with Crippen molar-refractivity contribution in [3.63, 3.8) is 0 Å². The minimum absolute atomic E-state index is 0. The molecule has 3 nitrogen and oxygen atoms in total. The van der Waals surface area contributed by atoms with E-state index in [1.54, 1.807) is 12.1 Å². The molecule has 0 aromatic heterocycles. The second kappa shape index (κ2) is 7.01. The summed E-state index contributed by atoms with van der Waals surface area (Å²) in [5.41, 5.74) is 6.62. The van der Waals surface area contributed by atoms with E-state index in [9.17, 15) is 5.11 Å². The van der Waals surface area contributed by atoms with E-state index in [1.165, 1.54) is 0 Å². The fourth-order valence-electron chi connectivity index (χ4n) is 1.88. The number of nitrogens with two attached hydrogens (primary N) is 1. The molecule has 110 valence electrons. The summed E-state index contributed by atoms with van der Waals surface area (Å²) in [6.45, 7) is 10.2. The highest BCUT2D eigenvalue weighted by Gasteiger charge is 2.16. The Hall–Kier alpha value is -0.930. The van der Waals surface area contributed by atoms with Crippen molar-refractivity contribution in [3.05, 3.63) is 23.8 Å². The van der Waals surface area contributed by atoms with Crippen molar-refractivity contribution in [3.8, 4) is 11.5 Å². The molecule has 1 aromatic rings. The van der Waals surface area contributed by atoms with Gasteiger partial charge in [0.25, 0.3) is 0 Å². The number of halogens is 1. The molecule has 1 rings (SSSR count). The summed E-state index contributed by atoms with van der Waals surface area (Å²) in [7, 11) is 0. The maximum absolute atomic E-state index is 9.88. The molecule has 4 heteroatoms. The van der Waals surface area contributed by atoms with Crippen LogP contribution in [0, 0.1) is 5.92 Å². The molecule has 0 aliphatic carbocycles. The maximum atomic E-state index is 9.88. The van der Waals surface area contributed by atoms with Gasteiger partial charge in [-0.05, 0) is 51.3 Å². The fourth-order valence-corrected chi connectivity index (χ4v) is 1.88. The molecule has 0 spiro atoms. The fraction of sp³-hybridized carbons (Fsp3) is 0.600. The SMILES string of the molecule is CC(C)C[C@@H](N)c1cc(OC(C)(C)C)ccc1O.Cl. The Balaban J connectivity index is 0.00000324. The Bertz CT molecular complexity index is 400. The highest BCUT2D eigenvalue weighted by Crippen LogP contribution is 2.31. The molecule has 0 fully saturated rings. The number of rotatable bonds is 4. The zero-order valence-electron chi connectivity index (χ0n) is 12.4. The Morgan fingerprint density at radius 2 is 1.84 bits per heavy atom. The van der Waals surface area contributed by atoms with Crippen molar-refractivity contribution in [1.29, 1.82) is 0 Å². The lowest BCUT2D eigenvalue weighted by Gasteiger charge is -2.23. The van der Waals surface area contributed by atoms with Gasteiger partial charge in [-0.25, -0.2) is 0 Å². The molecular formula is C15H26ClNO2. The quantitative estimate of drug-likeness (QED) is 0.879. The summed E-state index contributed by atoms with van der Waals surface area (Å²) in [4.78, 5) is 0. The van der Waals surface area contributed by atoms with Crippen LogP contribution < -0.4 is 10.5 Å². The lowest BCUT2D eigenvalue weighted by atomic mass is 9.97. The molecule has 0 heterocycles. The summed E-state index contributed by atoms with van der Waals surface area (Å²) in [5, 5.41) is 9.88. The zero-order chi connectivity index (χ0) is 13.9. The first kappa shape index (κ1) is 18.1. The third-order valence-corrected chi connectivity index (χ3v) is 2.55. The van der Waals surface area contributed by atoms with Crippen LogP contribution in [-0.2, 0) is 0 Å². The molecular weight excluding hydrogens is 262 g/mol. The molecule has 19 heavy (non-hydrogen) atoms. The number of benzene rings is 1. The van der Waals surface area contributed by atoms with Gasteiger partial charge in [-0.3, -0.25) is 0 Å². The molecule has 0 saturated heterocycles. The summed E-state index contributed by atoms with van der Waals surface area (Å²) in [6.07, 6.45) is 0.840. The first-order valence-corrected chi connectivity index (χ1v) is 6.46. The van der Waals surface area contributed by atoms with E-state index in [2.05, 4.69) is 13.8 Å². The average molecular weight is 288 g/mol. The molecule has 0 aliphatic heterocycles. The standard InChI is InChI=1S/C15H25NO2.ClH/c1-10(2)8-13(16)12-9-11(6-7-14(12)17)18-15(3,4)5;/h6-7,9-10,13,17H,8,16H2,1-5H3;1H/t13-;/m1./s1. The predicted molar refractivity (Wildman–Crippen MR) is 82.1 cm³/mol. The molecule has 0 unspecified atom stereocenters. The number of aromatic hydroxyl groups is 1. The Morgan fingerprint density at radius 3 is 2.32 bits per heavy atom. The third kappa shape index (κ3) is 6.17. The number of phenolic OH excluding ortho intramolecular Hbond substituents is 1. The summed E-state index contributed by atoms with van der Waals surface area (Å²) < 4.78 is 5.79. The van der Waals surface area contributed by atoms with E-state index in [0.717, 1.165) is 17.7 Å². The second-order valence-corrected chi connectivity index (χ2v) is 6.17. The van der Waals surface area contributed by atoms with Crippen LogP contribution in [0.15, 0.2) is 18.2 Å². The van der Waals surface area contributed by atoms with Gasteiger partial charge in [-0.2, -0.15) is 0 Å². The van der Waals surface area contributed by atoms with Crippen LogP contribution in [0.1, 0.15) is 52.6 Å². The van der Waals surface area contributed by atoms with Crippen molar-refractivity contribution in [2.45, 2.75) is 52.7 Å². The van der Waals surface area contributed by atoms with Gasteiger partial charge >= 0.3 is 0 Å². The Kier molecular flexibility index (Phi) is 6.67. The Morgan fingerprint density at radius 1 is 1.26 bits per heavy atom. The van der Waals surface area contributed by atoms with Gasteiger partial charge in [0.15, 0.2) is 0 Å². The summed E-state index contributed by atoms with van der Waals surface area (Å²) in [6, 6.07) is 5.10. The van der Waals surface area contributed by atoms with Crippen molar-refractivity contribution >= 4 is 12.4 Å². The molecule has 0 radical (unpaired) electrons. The normalized spacial score (nSPS) is 13.0. The summed E-state index contributed by atoms with van der Waals surface area (Å²) >= 11 is 0. The Labute approximate surface area is 122 Å². The predicted octanol–water partition coefficient (Wildman–Crippen LogP) is 4.04.